The molecule has 2 heterocycles. The first-order chi connectivity index (χ1) is 7.83. The number of nitrogens with one attached hydrogen (secondary N) is 1. The highest BCUT2D eigenvalue weighted by atomic mass is 15.1. The summed E-state index contributed by atoms with van der Waals surface area (Å²) in [6, 6.07) is 10.4. The quantitative estimate of drug-likeness (QED) is 0.669. The van der Waals surface area contributed by atoms with Crippen molar-refractivity contribution in [1.82, 2.24) is 15.2 Å². The third kappa shape index (κ3) is 1.46. The zero-order valence-electron chi connectivity index (χ0n) is 8.94. The number of pyridine rings is 1. The molecule has 0 radical (unpaired) electrons. The van der Waals surface area contributed by atoms with Crippen LogP contribution in [0.2, 0.25) is 0 Å². The molecule has 0 fully saturated rings. The second-order valence-corrected chi connectivity index (χ2v) is 3.86. The van der Waals surface area contributed by atoms with Gasteiger partial charge in [0.2, 0.25) is 0 Å². The molecule has 0 aliphatic heterocycles. The topological polar surface area (TPSA) is 41.6 Å². The Morgan fingerprint density at radius 2 is 1.94 bits per heavy atom. The van der Waals surface area contributed by atoms with Crippen molar-refractivity contribution in [3.05, 3.63) is 48.4 Å². The van der Waals surface area contributed by atoms with Crippen LogP contribution in [0.15, 0.2) is 42.7 Å². The number of rotatable bonds is 1. The van der Waals surface area contributed by atoms with Crippen LogP contribution in [0, 0.1) is 6.92 Å². The third-order valence-corrected chi connectivity index (χ3v) is 2.67. The molecule has 3 rings (SSSR count). The number of hydrogen-bond donors (Lipinski definition) is 1. The molecule has 3 nitrogen and oxygen atoms in total. The van der Waals surface area contributed by atoms with Crippen molar-refractivity contribution in [1.29, 1.82) is 0 Å². The molecule has 3 heteroatoms. The van der Waals surface area contributed by atoms with Gasteiger partial charge in [0.25, 0.3) is 0 Å². The molecule has 2 aromatic heterocycles. The Hall–Kier alpha value is -2.16. The Morgan fingerprint density at radius 3 is 2.81 bits per heavy atom. The van der Waals surface area contributed by atoms with Gasteiger partial charge in [0.05, 0.1) is 11.7 Å². The predicted octanol–water partition coefficient (Wildman–Crippen LogP) is 2.93. The SMILES string of the molecule is Cc1cc(-c2ccc3cn[nH]c3c2)ccn1. The van der Waals surface area contributed by atoms with Crippen molar-refractivity contribution in [2.45, 2.75) is 6.92 Å². The fourth-order valence-electron chi connectivity index (χ4n) is 1.84. The van der Waals surface area contributed by atoms with Crippen molar-refractivity contribution in [2.75, 3.05) is 0 Å². The van der Waals surface area contributed by atoms with Gasteiger partial charge >= 0.3 is 0 Å². The second kappa shape index (κ2) is 3.45. The molecular weight excluding hydrogens is 198 g/mol. The van der Waals surface area contributed by atoms with Crippen LogP contribution in [-0.2, 0) is 0 Å². The summed E-state index contributed by atoms with van der Waals surface area (Å²) in [5.74, 6) is 0. The first-order valence-electron chi connectivity index (χ1n) is 5.19. The van der Waals surface area contributed by atoms with Gasteiger partial charge in [0.1, 0.15) is 0 Å². The minimum Gasteiger partial charge on any atom is -0.278 e. The molecular formula is C13H11N3. The number of hydrogen-bond acceptors (Lipinski definition) is 2. The van der Waals surface area contributed by atoms with Crippen molar-refractivity contribution in [2.24, 2.45) is 0 Å². The number of H-pyrrole nitrogens is 1. The highest BCUT2D eigenvalue weighted by Gasteiger charge is 2.01. The highest BCUT2D eigenvalue weighted by molar-refractivity contribution is 5.83. The van der Waals surface area contributed by atoms with E-state index in [4.69, 9.17) is 0 Å². The summed E-state index contributed by atoms with van der Waals surface area (Å²) >= 11 is 0. The van der Waals surface area contributed by atoms with E-state index in [1.54, 1.807) is 0 Å². The van der Waals surface area contributed by atoms with Gasteiger partial charge in [-0.25, -0.2) is 0 Å². The van der Waals surface area contributed by atoms with E-state index in [-0.39, 0.29) is 0 Å². The molecule has 0 spiro atoms. The lowest BCUT2D eigenvalue weighted by atomic mass is 10.1. The molecule has 0 saturated carbocycles. The Balaban J connectivity index is 2.18. The van der Waals surface area contributed by atoms with Crippen LogP contribution < -0.4 is 0 Å². The van der Waals surface area contributed by atoms with E-state index in [1.165, 1.54) is 11.1 Å². The van der Waals surface area contributed by atoms with Crippen molar-refractivity contribution < 1.29 is 0 Å². The molecule has 1 aromatic carbocycles. The van der Waals surface area contributed by atoms with Crippen LogP contribution in [0.3, 0.4) is 0 Å². The maximum absolute atomic E-state index is 4.20. The Morgan fingerprint density at radius 1 is 1.06 bits per heavy atom. The van der Waals surface area contributed by atoms with Crippen LogP contribution in [0.1, 0.15) is 5.69 Å². The van der Waals surface area contributed by atoms with Gasteiger partial charge in [-0.3, -0.25) is 10.1 Å². The van der Waals surface area contributed by atoms with E-state index in [0.29, 0.717) is 0 Å². The van der Waals surface area contributed by atoms with Gasteiger partial charge in [-0.05, 0) is 36.2 Å². The van der Waals surface area contributed by atoms with E-state index < -0.39 is 0 Å². The van der Waals surface area contributed by atoms with Gasteiger partial charge in [0.15, 0.2) is 0 Å². The molecule has 0 saturated heterocycles. The van der Waals surface area contributed by atoms with E-state index >= 15 is 0 Å². The standard InChI is InChI=1S/C13H11N3/c1-9-6-11(4-5-14-9)10-2-3-12-8-15-16-13(12)7-10/h2-8H,1H3,(H,15,16). The minimum atomic E-state index is 1.03. The smallest absolute Gasteiger partial charge is 0.0656 e. The lowest BCUT2D eigenvalue weighted by Crippen LogP contribution is -1.82. The fourth-order valence-corrected chi connectivity index (χ4v) is 1.84. The summed E-state index contributed by atoms with van der Waals surface area (Å²) in [6.07, 6.45) is 3.67. The van der Waals surface area contributed by atoms with E-state index in [0.717, 1.165) is 16.6 Å². The average Bonchev–Trinajstić information content (AvgIpc) is 2.75. The molecule has 0 aliphatic carbocycles. The molecule has 0 aliphatic rings. The van der Waals surface area contributed by atoms with Crippen LogP contribution in [0.4, 0.5) is 0 Å². The summed E-state index contributed by atoms with van der Waals surface area (Å²) in [4.78, 5) is 4.20. The van der Waals surface area contributed by atoms with Gasteiger partial charge in [0, 0.05) is 17.3 Å². The molecule has 0 atom stereocenters. The molecule has 16 heavy (non-hydrogen) atoms. The van der Waals surface area contributed by atoms with Gasteiger partial charge in [-0.15, -0.1) is 0 Å². The Labute approximate surface area is 93.2 Å². The summed E-state index contributed by atoms with van der Waals surface area (Å²) in [5, 5.41) is 8.13. The number of nitrogens with zero attached hydrogens (tertiary/aromatic N) is 2. The lowest BCUT2D eigenvalue weighted by Gasteiger charge is -2.02. The number of fused-ring (bicyclic) bond motifs is 1. The van der Waals surface area contributed by atoms with Gasteiger partial charge in [-0.1, -0.05) is 12.1 Å². The van der Waals surface area contributed by atoms with E-state index in [2.05, 4.69) is 39.4 Å². The van der Waals surface area contributed by atoms with Crippen molar-refractivity contribution in [3.63, 3.8) is 0 Å². The van der Waals surface area contributed by atoms with Gasteiger partial charge < -0.3 is 0 Å². The van der Waals surface area contributed by atoms with Crippen LogP contribution in [0.5, 0.6) is 0 Å². The number of aromatic nitrogens is 3. The monoisotopic (exact) mass is 209 g/mol. The van der Waals surface area contributed by atoms with Crippen molar-refractivity contribution >= 4 is 10.9 Å². The predicted molar refractivity (Wildman–Crippen MR) is 64.1 cm³/mol. The normalized spacial score (nSPS) is 10.8. The molecule has 3 aromatic rings. The highest BCUT2D eigenvalue weighted by Crippen LogP contribution is 2.23. The zero-order valence-corrected chi connectivity index (χ0v) is 8.94. The summed E-state index contributed by atoms with van der Waals surface area (Å²) < 4.78 is 0. The third-order valence-electron chi connectivity index (χ3n) is 2.67. The molecule has 0 amide bonds. The van der Waals surface area contributed by atoms with Crippen LogP contribution in [0.25, 0.3) is 22.0 Å². The molecule has 78 valence electrons. The van der Waals surface area contributed by atoms with Crippen LogP contribution in [-0.4, -0.2) is 15.2 Å². The first-order valence-corrected chi connectivity index (χ1v) is 5.19. The largest absolute Gasteiger partial charge is 0.278 e. The van der Waals surface area contributed by atoms with E-state index in [9.17, 15) is 0 Å². The average molecular weight is 209 g/mol. The van der Waals surface area contributed by atoms with Crippen molar-refractivity contribution in [3.8, 4) is 11.1 Å². The first kappa shape index (κ1) is 9.09. The zero-order chi connectivity index (χ0) is 11.0. The molecule has 0 unspecified atom stereocenters. The second-order valence-electron chi connectivity index (χ2n) is 3.86. The number of aryl methyl sites for hydroxylation is 1. The maximum Gasteiger partial charge on any atom is 0.0656 e. The summed E-state index contributed by atoms with van der Waals surface area (Å²) in [7, 11) is 0. The lowest BCUT2D eigenvalue weighted by molar-refractivity contribution is 1.12. The van der Waals surface area contributed by atoms with E-state index in [1.807, 2.05) is 25.4 Å². The molecule has 0 bridgehead atoms. The summed E-state index contributed by atoms with van der Waals surface area (Å²) in [5.41, 5.74) is 4.46. The molecule has 1 N–H and O–H groups in total. The summed E-state index contributed by atoms with van der Waals surface area (Å²) in [6.45, 7) is 2.00. The fraction of sp³-hybridized carbons (Fsp3) is 0.0769. The Kier molecular flexibility index (Phi) is 1.96. The number of benzene rings is 1. The maximum atomic E-state index is 4.20. The Bertz CT molecular complexity index is 640. The minimum absolute atomic E-state index is 1.03. The van der Waals surface area contributed by atoms with Gasteiger partial charge in [-0.2, -0.15) is 5.10 Å². The van der Waals surface area contributed by atoms with Crippen LogP contribution >= 0.6 is 0 Å². The number of aromatic amines is 1.